The number of H-pyrrole nitrogens is 1. The average molecular weight is 308 g/mol. The fraction of sp³-hybridized carbons (Fsp3) is 0.429. The van der Waals surface area contributed by atoms with Crippen LogP contribution in [0, 0.1) is 0 Å². The highest BCUT2D eigenvalue weighted by atomic mass is 32.2. The summed E-state index contributed by atoms with van der Waals surface area (Å²) in [4.78, 5) is 4.43. The number of rotatable bonds is 8. The van der Waals surface area contributed by atoms with Crippen LogP contribution in [0.25, 0.3) is 0 Å². The molecule has 6 nitrogen and oxygen atoms in total. The zero-order valence-electron chi connectivity index (χ0n) is 12.0. The molecule has 114 valence electrons. The fourth-order valence-electron chi connectivity index (χ4n) is 2.09. The highest BCUT2D eigenvalue weighted by Crippen LogP contribution is 2.22. The number of hydrogen-bond donors (Lipinski definition) is 2. The lowest BCUT2D eigenvalue weighted by Gasteiger charge is -2.11. The molecule has 1 aromatic heterocycles. The van der Waals surface area contributed by atoms with Crippen molar-refractivity contribution in [1.82, 2.24) is 15.2 Å². The van der Waals surface area contributed by atoms with Gasteiger partial charge in [0.25, 0.3) is 0 Å². The quantitative estimate of drug-likeness (QED) is 0.729. The van der Waals surface area contributed by atoms with Crippen LogP contribution in [0.5, 0.6) is 0 Å². The van der Waals surface area contributed by atoms with Crippen molar-refractivity contribution >= 4 is 15.5 Å². The molecule has 7 heteroatoms. The molecule has 0 saturated heterocycles. The van der Waals surface area contributed by atoms with Gasteiger partial charge in [0.15, 0.2) is 9.84 Å². The minimum atomic E-state index is -3.21. The van der Waals surface area contributed by atoms with Crippen LogP contribution in [0.1, 0.15) is 25.6 Å². The number of aromatic amines is 1. The van der Waals surface area contributed by atoms with Crippen molar-refractivity contribution in [3.63, 3.8) is 0 Å². The van der Waals surface area contributed by atoms with Crippen LogP contribution in [0.4, 0.5) is 5.69 Å². The van der Waals surface area contributed by atoms with Gasteiger partial charge in [-0.3, -0.25) is 5.10 Å². The molecule has 0 amide bonds. The second-order valence-corrected chi connectivity index (χ2v) is 6.86. The van der Waals surface area contributed by atoms with E-state index in [0.717, 1.165) is 18.7 Å². The number of hydrogen-bond acceptors (Lipinski definition) is 5. The summed E-state index contributed by atoms with van der Waals surface area (Å²) in [5.41, 5.74) is 0.670. The third kappa shape index (κ3) is 4.29. The molecule has 0 spiro atoms. The summed E-state index contributed by atoms with van der Waals surface area (Å²) in [6.07, 6.45) is 3.71. The van der Waals surface area contributed by atoms with Crippen LogP contribution in [0.15, 0.2) is 35.5 Å². The Morgan fingerprint density at radius 2 is 2.10 bits per heavy atom. The molecule has 2 rings (SSSR count). The molecule has 0 radical (unpaired) electrons. The summed E-state index contributed by atoms with van der Waals surface area (Å²) in [6.45, 7) is 2.55. The van der Waals surface area contributed by atoms with Gasteiger partial charge in [0.05, 0.1) is 16.3 Å². The van der Waals surface area contributed by atoms with Gasteiger partial charge in [0.2, 0.25) is 0 Å². The molecule has 0 fully saturated rings. The van der Waals surface area contributed by atoms with Crippen molar-refractivity contribution in [2.24, 2.45) is 0 Å². The molecule has 1 heterocycles. The van der Waals surface area contributed by atoms with E-state index < -0.39 is 9.84 Å². The minimum Gasteiger partial charge on any atom is -0.384 e. The molecule has 0 aliphatic rings. The van der Waals surface area contributed by atoms with Gasteiger partial charge in [-0.1, -0.05) is 19.1 Å². The van der Waals surface area contributed by atoms with Gasteiger partial charge < -0.3 is 5.32 Å². The van der Waals surface area contributed by atoms with Crippen LogP contribution in [-0.4, -0.2) is 35.9 Å². The number of nitrogens with zero attached hydrogens (tertiary/aromatic N) is 2. The Morgan fingerprint density at radius 1 is 1.29 bits per heavy atom. The predicted molar refractivity (Wildman–Crippen MR) is 82.0 cm³/mol. The maximum Gasteiger partial charge on any atom is 0.180 e. The molecule has 0 atom stereocenters. The summed E-state index contributed by atoms with van der Waals surface area (Å²) in [7, 11) is -3.21. The lowest BCUT2D eigenvalue weighted by atomic mass is 10.2. The second kappa shape index (κ2) is 7.21. The Kier molecular flexibility index (Phi) is 5.32. The van der Waals surface area contributed by atoms with E-state index in [1.165, 1.54) is 6.33 Å². The monoisotopic (exact) mass is 308 g/mol. The highest BCUT2D eigenvalue weighted by molar-refractivity contribution is 7.91. The zero-order chi connectivity index (χ0) is 15.1. The van der Waals surface area contributed by atoms with E-state index in [0.29, 0.717) is 23.5 Å². The molecule has 0 aliphatic carbocycles. The summed E-state index contributed by atoms with van der Waals surface area (Å²) in [6, 6.07) is 7.05. The first-order valence-corrected chi connectivity index (χ1v) is 8.68. The third-order valence-corrected chi connectivity index (χ3v) is 5.04. The average Bonchev–Trinajstić information content (AvgIpc) is 2.97. The van der Waals surface area contributed by atoms with Crippen LogP contribution >= 0.6 is 0 Å². The first kappa shape index (κ1) is 15.5. The maximum absolute atomic E-state index is 12.2. The number of anilines is 1. The predicted octanol–water partition coefficient (Wildman–Crippen LogP) is 2.03. The van der Waals surface area contributed by atoms with Crippen molar-refractivity contribution in [3.8, 4) is 0 Å². The Morgan fingerprint density at radius 3 is 2.81 bits per heavy atom. The van der Waals surface area contributed by atoms with E-state index in [9.17, 15) is 8.42 Å². The van der Waals surface area contributed by atoms with Crippen LogP contribution in [0.2, 0.25) is 0 Å². The van der Waals surface area contributed by atoms with E-state index in [2.05, 4.69) is 20.5 Å². The number of para-hydroxylation sites is 1. The molecule has 2 aromatic rings. The van der Waals surface area contributed by atoms with Gasteiger partial charge in [-0.05, 0) is 25.0 Å². The summed E-state index contributed by atoms with van der Waals surface area (Å²) in [5.74, 6) is 1.01. The Hall–Kier alpha value is -1.89. The number of sulfone groups is 1. The van der Waals surface area contributed by atoms with Crippen molar-refractivity contribution in [3.05, 3.63) is 36.4 Å². The van der Waals surface area contributed by atoms with E-state index in [-0.39, 0.29) is 5.75 Å². The topological polar surface area (TPSA) is 87.7 Å². The molecule has 2 N–H and O–H groups in total. The largest absolute Gasteiger partial charge is 0.384 e. The smallest absolute Gasteiger partial charge is 0.180 e. The van der Waals surface area contributed by atoms with Gasteiger partial charge >= 0.3 is 0 Å². The lowest BCUT2D eigenvalue weighted by molar-refractivity contribution is 0.595. The SMILES string of the molecule is CCCS(=O)(=O)c1ccccc1NCCCc1ncn[nH]1. The van der Waals surface area contributed by atoms with E-state index in [1.54, 1.807) is 18.2 Å². The normalized spacial score (nSPS) is 11.5. The number of benzene rings is 1. The highest BCUT2D eigenvalue weighted by Gasteiger charge is 2.16. The van der Waals surface area contributed by atoms with Gasteiger partial charge in [0.1, 0.15) is 12.2 Å². The molecule has 0 bridgehead atoms. The molecular formula is C14H20N4O2S. The Bertz CT molecular complexity index is 653. The fourth-order valence-corrected chi connectivity index (χ4v) is 3.61. The van der Waals surface area contributed by atoms with Gasteiger partial charge in [-0.2, -0.15) is 5.10 Å². The number of nitrogens with one attached hydrogen (secondary N) is 2. The van der Waals surface area contributed by atoms with Crippen molar-refractivity contribution in [2.45, 2.75) is 31.1 Å². The van der Waals surface area contributed by atoms with Gasteiger partial charge in [0, 0.05) is 13.0 Å². The molecule has 0 saturated carbocycles. The number of aryl methyl sites for hydroxylation is 1. The van der Waals surface area contributed by atoms with Crippen molar-refractivity contribution in [2.75, 3.05) is 17.6 Å². The lowest BCUT2D eigenvalue weighted by Crippen LogP contribution is -2.11. The zero-order valence-corrected chi connectivity index (χ0v) is 12.9. The summed E-state index contributed by atoms with van der Waals surface area (Å²) >= 11 is 0. The Labute approximate surface area is 124 Å². The van der Waals surface area contributed by atoms with E-state index in [1.807, 2.05) is 13.0 Å². The Balaban J connectivity index is 1.97. The standard InChI is InChI=1S/C14H20N4O2S/c1-2-10-21(19,20)13-7-4-3-6-12(13)15-9-5-8-14-16-11-17-18-14/h3-4,6-7,11,15H,2,5,8-10H2,1H3,(H,16,17,18). The molecule has 1 aromatic carbocycles. The van der Waals surface area contributed by atoms with Crippen LogP contribution in [-0.2, 0) is 16.3 Å². The molecule has 21 heavy (non-hydrogen) atoms. The first-order chi connectivity index (χ1) is 10.1. The third-order valence-electron chi connectivity index (χ3n) is 3.07. The maximum atomic E-state index is 12.2. The minimum absolute atomic E-state index is 0.170. The molecular weight excluding hydrogens is 288 g/mol. The first-order valence-electron chi connectivity index (χ1n) is 7.03. The van der Waals surface area contributed by atoms with E-state index >= 15 is 0 Å². The van der Waals surface area contributed by atoms with E-state index in [4.69, 9.17) is 0 Å². The van der Waals surface area contributed by atoms with Gasteiger partial charge in [-0.15, -0.1) is 0 Å². The van der Waals surface area contributed by atoms with Gasteiger partial charge in [-0.25, -0.2) is 13.4 Å². The van der Waals surface area contributed by atoms with Crippen LogP contribution in [0.3, 0.4) is 0 Å². The van der Waals surface area contributed by atoms with Crippen molar-refractivity contribution in [1.29, 1.82) is 0 Å². The molecule has 0 aliphatic heterocycles. The second-order valence-electron chi connectivity index (χ2n) is 4.78. The van der Waals surface area contributed by atoms with Crippen molar-refractivity contribution < 1.29 is 8.42 Å². The van der Waals surface area contributed by atoms with Crippen LogP contribution < -0.4 is 5.32 Å². The summed E-state index contributed by atoms with van der Waals surface area (Å²) in [5, 5.41) is 9.79. The molecule has 0 unspecified atom stereocenters. The summed E-state index contributed by atoms with van der Waals surface area (Å²) < 4.78 is 24.4. The number of aromatic nitrogens is 3.